The van der Waals surface area contributed by atoms with Crippen molar-refractivity contribution in [2.75, 3.05) is 0 Å². The van der Waals surface area contributed by atoms with Crippen molar-refractivity contribution in [3.05, 3.63) is 28.8 Å². The summed E-state index contributed by atoms with van der Waals surface area (Å²) in [7, 11) is 0. The smallest absolute Gasteiger partial charge is 0.138 e. The van der Waals surface area contributed by atoms with Crippen LogP contribution < -0.4 is 10.1 Å². The summed E-state index contributed by atoms with van der Waals surface area (Å²) in [5.41, 5.74) is 1.20. The number of nitrogens with one attached hydrogen (secondary N) is 1. The van der Waals surface area contributed by atoms with E-state index in [9.17, 15) is 0 Å². The third-order valence-electron chi connectivity index (χ3n) is 3.89. The van der Waals surface area contributed by atoms with E-state index in [4.69, 9.17) is 16.3 Å². The maximum atomic E-state index is 6.35. The van der Waals surface area contributed by atoms with Crippen LogP contribution in [-0.2, 0) is 6.54 Å². The van der Waals surface area contributed by atoms with Crippen molar-refractivity contribution in [3.63, 3.8) is 0 Å². The van der Waals surface area contributed by atoms with Crippen molar-refractivity contribution in [1.29, 1.82) is 0 Å². The molecule has 1 fully saturated rings. The highest BCUT2D eigenvalue weighted by Crippen LogP contribution is 2.31. The largest absolute Gasteiger partial charge is 0.489 e. The van der Waals surface area contributed by atoms with E-state index in [1.807, 2.05) is 12.1 Å². The van der Waals surface area contributed by atoms with E-state index in [0.29, 0.717) is 12.1 Å². The molecule has 0 aromatic heterocycles. The predicted octanol–water partition coefficient (Wildman–Crippen LogP) is 4.80. The molecule has 0 radical (unpaired) electrons. The summed E-state index contributed by atoms with van der Waals surface area (Å²) in [5, 5.41) is 4.12. The van der Waals surface area contributed by atoms with Crippen LogP contribution in [0.1, 0.15) is 52.0 Å². The fourth-order valence-corrected chi connectivity index (χ4v) is 2.98. The van der Waals surface area contributed by atoms with Crippen LogP contribution >= 0.6 is 11.6 Å². The van der Waals surface area contributed by atoms with E-state index < -0.39 is 0 Å². The van der Waals surface area contributed by atoms with Gasteiger partial charge in [-0.2, -0.15) is 0 Å². The highest BCUT2D eigenvalue weighted by atomic mass is 35.5. The molecule has 0 aliphatic heterocycles. The number of hydrogen-bond donors (Lipinski definition) is 1. The molecule has 1 aliphatic carbocycles. The summed E-state index contributed by atoms with van der Waals surface area (Å²) in [5.74, 6) is 1.60. The molecule has 1 N–H and O–H groups in total. The molecule has 0 saturated heterocycles. The monoisotopic (exact) mass is 295 g/mol. The first-order chi connectivity index (χ1) is 9.54. The Bertz CT molecular complexity index is 433. The van der Waals surface area contributed by atoms with Gasteiger partial charge in [-0.1, -0.05) is 44.9 Å². The first kappa shape index (κ1) is 15.7. The van der Waals surface area contributed by atoms with Crippen molar-refractivity contribution >= 4 is 11.6 Å². The van der Waals surface area contributed by atoms with Crippen LogP contribution in [-0.4, -0.2) is 12.1 Å². The standard InChI is InChI=1S/C17H26ClNO/c1-12(2)19-11-14-7-8-17(16(18)10-14)20-15-6-4-5-13(3)9-15/h7-8,10,12-13,15,19H,4-6,9,11H2,1-3H3. The summed E-state index contributed by atoms with van der Waals surface area (Å²) in [6.45, 7) is 7.43. The molecule has 1 aromatic rings. The average Bonchev–Trinajstić information content (AvgIpc) is 2.39. The van der Waals surface area contributed by atoms with Crippen molar-refractivity contribution < 1.29 is 4.74 Å². The highest BCUT2D eigenvalue weighted by Gasteiger charge is 2.21. The van der Waals surface area contributed by atoms with Gasteiger partial charge < -0.3 is 10.1 Å². The van der Waals surface area contributed by atoms with Crippen LogP contribution in [0.4, 0.5) is 0 Å². The predicted molar refractivity (Wildman–Crippen MR) is 85.5 cm³/mol. The number of halogens is 1. The lowest BCUT2D eigenvalue weighted by Gasteiger charge is -2.27. The first-order valence-corrected chi connectivity index (χ1v) is 8.11. The zero-order chi connectivity index (χ0) is 14.5. The van der Waals surface area contributed by atoms with Crippen molar-refractivity contribution in [1.82, 2.24) is 5.32 Å². The van der Waals surface area contributed by atoms with E-state index in [1.165, 1.54) is 18.4 Å². The van der Waals surface area contributed by atoms with E-state index in [0.717, 1.165) is 36.1 Å². The molecule has 2 unspecified atom stereocenters. The summed E-state index contributed by atoms with van der Waals surface area (Å²) < 4.78 is 6.08. The molecule has 2 atom stereocenters. The Morgan fingerprint density at radius 2 is 2.15 bits per heavy atom. The van der Waals surface area contributed by atoms with E-state index in [-0.39, 0.29) is 0 Å². The van der Waals surface area contributed by atoms with Gasteiger partial charge in [-0.25, -0.2) is 0 Å². The second-order valence-electron chi connectivity index (χ2n) is 6.31. The fraction of sp³-hybridized carbons (Fsp3) is 0.647. The minimum Gasteiger partial charge on any atom is -0.489 e. The molecule has 2 nitrogen and oxygen atoms in total. The molecule has 1 saturated carbocycles. The fourth-order valence-electron chi connectivity index (χ4n) is 2.74. The Morgan fingerprint density at radius 1 is 1.35 bits per heavy atom. The van der Waals surface area contributed by atoms with Crippen molar-refractivity contribution in [3.8, 4) is 5.75 Å². The third kappa shape index (κ3) is 4.68. The third-order valence-corrected chi connectivity index (χ3v) is 4.19. The molecule has 2 rings (SSSR count). The maximum Gasteiger partial charge on any atom is 0.138 e. The molecular formula is C17H26ClNO. The van der Waals surface area contributed by atoms with Crippen LogP contribution in [0.3, 0.4) is 0 Å². The van der Waals surface area contributed by atoms with E-state index in [2.05, 4.69) is 32.2 Å². The van der Waals surface area contributed by atoms with Gasteiger partial charge in [-0.05, 0) is 42.9 Å². The Morgan fingerprint density at radius 3 is 2.80 bits per heavy atom. The summed E-state index contributed by atoms with van der Waals surface area (Å²) in [4.78, 5) is 0. The molecule has 20 heavy (non-hydrogen) atoms. The lowest BCUT2D eigenvalue weighted by molar-refractivity contribution is 0.129. The Hall–Kier alpha value is -0.730. The van der Waals surface area contributed by atoms with Gasteiger partial charge >= 0.3 is 0 Å². The molecular weight excluding hydrogens is 270 g/mol. The number of ether oxygens (including phenoxy) is 1. The van der Waals surface area contributed by atoms with E-state index >= 15 is 0 Å². The molecule has 0 amide bonds. The van der Waals surface area contributed by atoms with E-state index in [1.54, 1.807) is 0 Å². The van der Waals surface area contributed by atoms with Crippen LogP contribution in [0.5, 0.6) is 5.75 Å². The van der Waals surface area contributed by atoms with Crippen LogP contribution in [0.15, 0.2) is 18.2 Å². The van der Waals surface area contributed by atoms with Crippen LogP contribution in [0, 0.1) is 5.92 Å². The zero-order valence-corrected chi connectivity index (χ0v) is 13.5. The van der Waals surface area contributed by atoms with Gasteiger partial charge in [0, 0.05) is 12.6 Å². The number of benzene rings is 1. The van der Waals surface area contributed by atoms with Gasteiger partial charge in [-0.3, -0.25) is 0 Å². The normalized spacial score (nSPS) is 23.1. The molecule has 0 spiro atoms. The lowest BCUT2D eigenvalue weighted by Crippen LogP contribution is -2.24. The summed E-state index contributed by atoms with van der Waals surface area (Å²) in [6.07, 6.45) is 5.22. The number of rotatable bonds is 5. The van der Waals surface area contributed by atoms with Crippen LogP contribution in [0.25, 0.3) is 0 Å². The Labute approximate surface area is 127 Å². The SMILES string of the molecule is CC1CCCC(Oc2ccc(CNC(C)C)cc2Cl)C1. The first-order valence-electron chi connectivity index (χ1n) is 7.73. The highest BCUT2D eigenvalue weighted by molar-refractivity contribution is 6.32. The molecule has 0 heterocycles. The average molecular weight is 296 g/mol. The molecule has 112 valence electrons. The molecule has 1 aliphatic rings. The summed E-state index contributed by atoms with van der Waals surface area (Å²) in [6, 6.07) is 6.61. The van der Waals surface area contributed by atoms with Gasteiger partial charge in [0.25, 0.3) is 0 Å². The second-order valence-corrected chi connectivity index (χ2v) is 6.72. The zero-order valence-electron chi connectivity index (χ0n) is 12.8. The Balaban J connectivity index is 1.95. The van der Waals surface area contributed by atoms with Gasteiger partial charge in [0.05, 0.1) is 11.1 Å². The second kappa shape index (κ2) is 7.33. The molecule has 3 heteroatoms. The summed E-state index contributed by atoms with van der Waals surface area (Å²) >= 11 is 6.35. The minimum atomic E-state index is 0.330. The van der Waals surface area contributed by atoms with Crippen molar-refractivity contribution in [2.24, 2.45) is 5.92 Å². The molecule has 0 bridgehead atoms. The van der Waals surface area contributed by atoms with Gasteiger partial charge in [0.15, 0.2) is 0 Å². The van der Waals surface area contributed by atoms with Gasteiger partial charge in [0.2, 0.25) is 0 Å². The Kier molecular flexibility index (Phi) is 5.74. The number of hydrogen-bond acceptors (Lipinski definition) is 2. The van der Waals surface area contributed by atoms with Crippen molar-refractivity contribution in [2.45, 2.75) is 65.1 Å². The topological polar surface area (TPSA) is 21.3 Å². The lowest BCUT2D eigenvalue weighted by atomic mass is 9.89. The van der Waals surface area contributed by atoms with Gasteiger partial charge in [-0.15, -0.1) is 0 Å². The van der Waals surface area contributed by atoms with Gasteiger partial charge in [0.1, 0.15) is 5.75 Å². The molecule has 1 aromatic carbocycles. The minimum absolute atomic E-state index is 0.330. The quantitative estimate of drug-likeness (QED) is 0.843. The maximum absolute atomic E-state index is 6.35. The van der Waals surface area contributed by atoms with Crippen LogP contribution in [0.2, 0.25) is 5.02 Å².